The summed E-state index contributed by atoms with van der Waals surface area (Å²) >= 11 is 0. The lowest BCUT2D eigenvalue weighted by molar-refractivity contribution is -0.191. The van der Waals surface area contributed by atoms with Crippen molar-refractivity contribution >= 4 is 6.15 Å². The van der Waals surface area contributed by atoms with Gasteiger partial charge in [-0.3, -0.25) is 0 Å². The van der Waals surface area contributed by atoms with E-state index in [0.717, 1.165) is 12.2 Å². The molecular formula is C19H22O3. The Bertz CT molecular complexity index is 606. The fourth-order valence-electron chi connectivity index (χ4n) is 2.31. The van der Waals surface area contributed by atoms with Gasteiger partial charge < -0.3 is 4.74 Å². The van der Waals surface area contributed by atoms with Crippen molar-refractivity contribution in [2.75, 3.05) is 0 Å². The zero-order valence-electron chi connectivity index (χ0n) is 13.4. The normalized spacial score (nSPS) is 9.41. The van der Waals surface area contributed by atoms with Crippen molar-refractivity contribution in [2.24, 2.45) is 0 Å². The highest BCUT2D eigenvalue weighted by Crippen LogP contribution is 2.19. The average molecular weight is 298 g/mol. The lowest BCUT2D eigenvalue weighted by atomic mass is 10.0. The number of benzene rings is 2. The minimum atomic E-state index is 0.250. The molecule has 0 aliphatic carbocycles. The van der Waals surface area contributed by atoms with Crippen molar-refractivity contribution in [1.29, 1.82) is 0 Å². The van der Waals surface area contributed by atoms with Crippen molar-refractivity contribution in [3.05, 3.63) is 64.7 Å². The minimum Gasteiger partial charge on any atom is -0.489 e. The van der Waals surface area contributed by atoms with E-state index in [0.29, 0.717) is 6.61 Å². The van der Waals surface area contributed by atoms with Crippen LogP contribution in [-0.4, -0.2) is 6.15 Å². The fraction of sp³-hybridized carbons (Fsp3) is 0.316. The first-order valence-corrected chi connectivity index (χ1v) is 7.38. The third kappa shape index (κ3) is 5.55. The maximum Gasteiger partial charge on any atom is 0.373 e. The van der Waals surface area contributed by atoms with Gasteiger partial charge in [-0.15, -0.1) is 0 Å². The smallest absolute Gasteiger partial charge is 0.373 e. The molecule has 22 heavy (non-hydrogen) atoms. The standard InChI is InChI=1S/C18H22O.CO2/c1-4-7-16-10-6-11-17(12-16)19-13-18-14(2)8-5-9-15(18)3;2-1-3/h5-6,8-12H,4,7,13H2,1-3H3;. The Kier molecular flexibility index (Phi) is 7.66. The van der Waals surface area contributed by atoms with Crippen LogP contribution < -0.4 is 4.74 Å². The molecule has 0 bridgehead atoms. The highest BCUT2D eigenvalue weighted by atomic mass is 16.5. The Morgan fingerprint density at radius 2 is 1.59 bits per heavy atom. The maximum atomic E-state index is 8.12. The molecule has 0 N–H and O–H groups in total. The highest BCUT2D eigenvalue weighted by Gasteiger charge is 2.03. The monoisotopic (exact) mass is 298 g/mol. The predicted molar refractivity (Wildman–Crippen MR) is 85.7 cm³/mol. The first-order chi connectivity index (χ1) is 10.6. The SMILES string of the molecule is CCCc1cccc(OCc2c(C)cccc2C)c1.O=C=O. The quantitative estimate of drug-likeness (QED) is 0.828. The lowest BCUT2D eigenvalue weighted by Crippen LogP contribution is -2.00. The second kappa shape index (κ2) is 9.54. The van der Waals surface area contributed by atoms with Crippen LogP contribution in [0.1, 0.15) is 35.6 Å². The molecule has 0 aliphatic heterocycles. The van der Waals surface area contributed by atoms with Crippen LogP contribution in [0.5, 0.6) is 5.75 Å². The van der Waals surface area contributed by atoms with Gasteiger partial charge in [-0.25, -0.2) is 0 Å². The van der Waals surface area contributed by atoms with Gasteiger partial charge in [0.15, 0.2) is 0 Å². The largest absolute Gasteiger partial charge is 0.489 e. The molecule has 116 valence electrons. The van der Waals surface area contributed by atoms with E-state index in [1.54, 1.807) is 0 Å². The first-order valence-electron chi connectivity index (χ1n) is 7.38. The van der Waals surface area contributed by atoms with E-state index in [4.69, 9.17) is 14.3 Å². The third-order valence-corrected chi connectivity index (χ3v) is 3.46. The summed E-state index contributed by atoms with van der Waals surface area (Å²) in [7, 11) is 0. The summed E-state index contributed by atoms with van der Waals surface area (Å²) in [6.07, 6.45) is 2.53. The van der Waals surface area contributed by atoms with Crippen molar-refractivity contribution in [1.82, 2.24) is 0 Å². The van der Waals surface area contributed by atoms with Crippen LogP contribution in [0.15, 0.2) is 42.5 Å². The summed E-state index contributed by atoms with van der Waals surface area (Å²) in [5, 5.41) is 0. The molecule has 0 heterocycles. The molecule has 0 saturated heterocycles. The van der Waals surface area contributed by atoms with E-state index in [-0.39, 0.29) is 6.15 Å². The van der Waals surface area contributed by atoms with Crippen molar-refractivity contribution in [3.63, 3.8) is 0 Å². The van der Waals surface area contributed by atoms with Crippen molar-refractivity contribution in [2.45, 2.75) is 40.2 Å². The van der Waals surface area contributed by atoms with Gasteiger partial charge in [-0.2, -0.15) is 9.59 Å². The van der Waals surface area contributed by atoms with E-state index in [1.807, 2.05) is 6.07 Å². The molecule has 0 unspecified atom stereocenters. The number of hydrogen-bond donors (Lipinski definition) is 0. The fourth-order valence-corrected chi connectivity index (χ4v) is 2.31. The van der Waals surface area contributed by atoms with E-state index in [1.165, 1.54) is 28.7 Å². The van der Waals surface area contributed by atoms with Crippen LogP contribution in [0.3, 0.4) is 0 Å². The molecule has 0 saturated carbocycles. The summed E-state index contributed by atoms with van der Waals surface area (Å²) in [6.45, 7) is 7.12. The first kappa shape index (κ1) is 17.7. The molecule has 0 aromatic heterocycles. The Hall–Kier alpha value is -2.38. The van der Waals surface area contributed by atoms with Gasteiger partial charge in [-0.05, 0) is 54.7 Å². The maximum absolute atomic E-state index is 8.12. The van der Waals surface area contributed by atoms with Gasteiger partial charge in [0.1, 0.15) is 12.4 Å². The molecule has 0 radical (unpaired) electrons. The number of hydrogen-bond acceptors (Lipinski definition) is 3. The van der Waals surface area contributed by atoms with E-state index in [2.05, 4.69) is 57.2 Å². The number of aryl methyl sites for hydroxylation is 3. The van der Waals surface area contributed by atoms with Gasteiger partial charge >= 0.3 is 6.15 Å². The van der Waals surface area contributed by atoms with Crippen molar-refractivity contribution in [3.8, 4) is 5.75 Å². The molecule has 2 aromatic rings. The van der Waals surface area contributed by atoms with Crippen LogP contribution in [-0.2, 0) is 22.6 Å². The topological polar surface area (TPSA) is 43.4 Å². The second-order valence-corrected chi connectivity index (χ2v) is 5.14. The van der Waals surface area contributed by atoms with Crippen LogP contribution in [0.25, 0.3) is 0 Å². The third-order valence-electron chi connectivity index (χ3n) is 3.46. The summed E-state index contributed by atoms with van der Waals surface area (Å²) in [4.78, 5) is 16.2. The van der Waals surface area contributed by atoms with Gasteiger partial charge in [0.05, 0.1) is 0 Å². The highest BCUT2D eigenvalue weighted by molar-refractivity contribution is 5.34. The van der Waals surface area contributed by atoms with E-state index in [9.17, 15) is 0 Å². The van der Waals surface area contributed by atoms with E-state index >= 15 is 0 Å². The molecule has 2 rings (SSSR count). The Morgan fingerprint density at radius 3 is 2.18 bits per heavy atom. The molecule has 3 nitrogen and oxygen atoms in total. The predicted octanol–water partition coefficient (Wildman–Crippen LogP) is 4.25. The lowest BCUT2D eigenvalue weighted by Gasteiger charge is -2.12. The molecule has 0 aliphatic rings. The molecule has 2 aromatic carbocycles. The Balaban J connectivity index is 0.000000745. The number of ether oxygens (including phenoxy) is 1. The summed E-state index contributed by atoms with van der Waals surface area (Å²) in [5.41, 5.74) is 5.24. The van der Waals surface area contributed by atoms with Gasteiger partial charge in [0.25, 0.3) is 0 Å². The summed E-state index contributed by atoms with van der Waals surface area (Å²) in [6, 6.07) is 14.8. The molecule has 0 atom stereocenters. The molecule has 0 spiro atoms. The van der Waals surface area contributed by atoms with Crippen molar-refractivity contribution < 1.29 is 14.3 Å². The van der Waals surface area contributed by atoms with Crippen LogP contribution in [0.4, 0.5) is 0 Å². The van der Waals surface area contributed by atoms with Crippen LogP contribution >= 0.6 is 0 Å². The molecule has 0 fully saturated rings. The summed E-state index contributed by atoms with van der Waals surface area (Å²) in [5.74, 6) is 0.966. The average Bonchev–Trinajstić information content (AvgIpc) is 2.48. The number of rotatable bonds is 5. The molecular weight excluding hydrogens is 276 g/mol. The molecule has 3 heteroatoms. The van der Waals surface area contributed by atoms with Gasteiger partial charge in [0, 0.05) is 0 Å². The minimum absolute atomic E-state index is 0.250. The van der Waals surface area contributed by atoms with E-state index < -0.39 is 0 Å². The zero-order valence-corrected chi connectivity index (χ0v) is 13.4. The zero-order chi connectivity index (χ0) is 16.4. The van der Waals surface area contributed by atoms with Crippen LogP contribution in [0, 0.1) is 13.8 Å². The van der Waals surface area contributed by atoms with Gasteiger partial charge in [-0.1, -0.05) is 43.7 Å². The van der Waals surface area contributed by atoms with Crippen LogP contribution in [0.2, 0.25) is 0 Å². The second-order valence-electron chi connectivity index (χ2n) is 5.14. The number of carbonyl (C=O) groups excluding carboxylic acids is 2. The summed E-state index contributed by atoms with van der Waals surface area (Å²) < 4.78 is 5.94. The molecule has 0 amide bonds. The Labute approximate surface area is 131 Å². The Morgan fingerprint density at radius 1 is 1.00 bits per heavy atom. The van der Waals surface area contributed by atoms with Gasteiger partial charge in [0.2, 0.25) is 0 Å².